The van der Waals surface area contributed by atoms with Gasteiger partial charge < -0.3 is 10.8 Å². The SMILES string of the molecule is Cc1ccc(N)cc1CC(C)C(=O)O. The lowest BCUT2D eigenvalue weighted by molar-refractivity contribution is -0.141. The van der Waals surface area contributed by atoms with Crippen LogP contribution in [-0.2, 0) is 11.2 Å². The van der Waals surface area contributed by atoms with Crippen LogP contribution in [0.1, 0.15) is 18.1 Å². The van der Waals surface area contributed by atoms with E-state index in [2.05, 4.69) is 0 Å². The van der Waals surface area contributed by atoms with Crippen molar-refractivity contribution in [2.24, 2.45) is 5.92 Å². The van der Waals surface area contributed by atoms with E-state index in [1.165, 1.54) is 0 Å². The third kappa shape index (κ3) is 2.49. The van der Waals surface area contributed by atoms with Crippen molar-refractivity contribution < 1.29 is 9.90 Å². The van der Waals surface area contributed by atoms with Crippen LogP contribution in [-0.4, -0.2) is 11.1 Å². The zero-order valence-corrected chi connectivity index (χ0v) is 8.45. The number of benzene rings is 1. The smallest absolute Gasteiger partial charge is 0.306 e. The van der Waals surface area contributed by atoms with Crippen LogP contribution in [0, 0.1) is 12.8 Å². The van der Waals surface area contributed by atoms with Crippen LogP contribution in [0.5, 0.6) is 0 Å². The van der Waals surface area contributed by atoms with Gasteiger partial charge in [0.25, 0.3) is 0 Å². The summed E-state index contributed by atoms with van der Waals surface area (Å²) < 4.78 is 0. The summed E-state index contributed by atoms with van der Waals surface area (Å²) in [6.45, 7) is 3.66. The van der Waals surface area contributed by atoms with E-state index in [4.69, 9.17) is 10.8 Å². The highest BCUT2D eigenvalue weighted by molar-refractivity contribution is 5.70. The van der Waals surface area contributed by atoms with Crippen molar-refractivity contribution in [2.45, 2.75) is 20.3 Å². The molecule has 3 heteroatoms. The number of carboxylic acid groups (broad SMARTS) is 1. The number of carboxylic acids is 1. The van der Waals surface area contributed by atoms with Crippen molar-refractivity contribution in [1.29, 1.82) is 0 Å². The zero-order valence-electron chi connectivity index (χ0n) is 8.45. The number of aliphatic carboxylic acids is 1. The van der Waals surface area contributed by atoms with Gasteiger partial charge in [-0.25, -0.2) is 0 Å². The molecule has 0 heterocycles. The Kier molecular flexibility index (Phi) is 3.12. The molecule has 0 aliphatic heterocycles. The van der Waals surface area contributed by atoms with Gasteiger partial charge in [0.1, 0.15) is 0 Å². The van der Waals surface area contributed by atoms with Gasteiger partial charge >= 0.3 is 5.97 Å². The summed E-state index contributed by atoms with van der Waals surface area (Å²) in [5, 5.41) is 8.77. The molecule has 0 radical (unpaired) electrons. The molecule has 1 aromatic rings. The quantitative estimate of drug-likeness (QED) is 0.720. The molecule has 1 rings (SSSR count). The van der Waals surface area contributed by atoms with Gasteiger partial charge in [-0.15, -0.1) is 0 Å². The van der Waals surface area contributed by atoms with E-state index in [1.807, 2.05) is 25.1 Å². The van der Waals surface area contributed by atoms with E-state index < -0.39 is 5.97 Å². The molecule has 1 aromatic carbocycles. The van der Waals surface area contributed by atoms with Crippen LogP contribution in [0.15, 0.2) is 18.2 Å². The fourth-order valence-electron chi connectivity index (χ4n) is 1.33. The lowest BCUT2D eigenvalue weighted by atomic mass is 9.97. The third-order valence-electron chi connectivity index (χ3n) is 2.32. The highest BCUT2D eigenvalue weighted by atomic mass is 16.4. The molecule has 76 valence electrons. The zero-order chi connectivity index (χ0) is 10.7. The van der Waals surface area contributed by atoms with E-state index in [1.54, 1.807) is 6.92 Å². The molecular weight excluding hydrogens is 178 g/mol. The molecule has 0 spiro atoms. The number of hydrogen-bond acceptors (Lipinski definition) is 2. The Hall–Kier alpha value is -1.51. The molecule has 3 N–H and O–H groups in total. The maximum atomic E-state index is 10.7. The standard InChI is InChI=1S/C11H15NO2/c1-7-3-4-10(12)6-9(7)5-8(2)11(13)14/h3-4,6,8H,5,12H2,1-2H3,(H,13,14). The minimum absolute atomic E-state index is 0.365. The lowest BCUT2D eigenvalue weighted by Crippen LogP contribution is -2.13. The van der Waals surface area contributed by atoms with Crippen LogP contribution < -0.4 is 5.73 Å². The highest BCUT2D eigenvalue weighted by Crippen LogP contribution is 2.16. The molecule has 0 bridgehead atoms. The lowest BCUT2D eigenvalue weighted by Gasteiger charge is -2.09. The summed E-state index contributed by atoms with van der Waals surface area (Å²) >= 11 is 0. The molecule has 1 atom stereocenters. The van der Waals surface area contributed by atoms with Gasteiger partial charge in [-0.1, -0.05) is 13.0 Å². The van der Waals surface area contributed by atoms with Crippen LogP contribution in [0.25, 0.3) is 0 Å². The predicted molar refractivity (Wildman–Crippen MR) is 56.1 cm³/mol. The van der Waals surface area contributed by atoms with Crippen molar-refractivity contribution >= 4 is 11.7 Å². The van der Waals surface area contributed by atoms with Crippen molar-refractivity contribution in [1.82, 2.24) is 0 Å². The fourth-order valence-corrected chi connectivity index (χ4v) is 1.33. The Bertz CT molecular complexity index is 347. The molecule has 0 saturated carbocycles. The van der Waals surface area contributed by atoms with Gasteiger partial charge in [0.15, 0.2) is 0 Å². The Balaban J connectivity index is 2.85. The number of carbonyl (C=O) groups is 1. The molecule has 0 saturated heterocycles. The molecule has 0 aliphatic rings. The number of rotatable bonds is 3. The fraction of sp³-hybridized carbons (Fsp3) is 0.364. The van der Waals surface area contributed by atoms with E-state index in [0.29, 0.717) is 12.1 Å². The molecule has 3 nitrogen and oxygen atoms in total. The second kappa shape index (κ2) is 4.13. The first-order valence-electron chi connectivity index (χ1n) is 4.58. The van der Waals surface area contributed by atoms with E-state index in [9.17, 15) is 4.79 Å². The van der Waals surface area contributed by atoms with Crippen molar-refractivity contribution in [2.75, 3.05) is 5.73 Å². The number of anilines is 1. The Morgan fingerprint density at radius 1 is 1.57 bits per heavy atom. The van der Waals surface area contributed by atoms with Crippen LogP contribution in [0.2, 0.25) is 0 Å². The van der Waals surface area contributed by atoms with Crippen LogP contribution in [0.4, 0.5) is 5.69 Å². The van der Waals surface area contributed by atoms with Gasteiger partial charge in [-0.05, 0) is 36.6 Å². The van der Waals surface area contributed by atoms with E-state index in [-0.39, 0.29) is 5.92 Å². The first kappa shape index (κ1) is 10.6. The number of aryl methyl sites for hydroxylation is 1. The average Bonchev–Trinajstić information content (AvgIpc) is 2.11. The molecule has 14 heavy (non-hydrogen) atoms. The molecular formula is C11H15NO2. The maximum absolute atomic E-state index is 10.7. The molecule has 0 fully saturated rings. The van der Waals surface area contributed by atoms with Crippen molar-refractivity contribution in [3.63, 3.8) is 0 Å². The second-order valence-corrected chi connectivity index (χ2v) is 3.63. The number of hydrogen-bond donors (Lipinski definition) is 2. The normalized spacial score (nSPS) is 12.4. The summed E-state index contributed by atoms with van der Waals surface area (Å²) in [6, 6.07) is 5.58. The molecule has 0 aromatic heterocycles. The van der Waals surface area contributed by atoms with Gasteiger partial charge in [-0.3, -0.25) is 4.79 Å². The molecule has 0 amide bonds. The summed E-state index contributed by atoms with van der Waals surface area (Å²) in [4.78, 5) is 10.7. The number of nitrogens with two attached hydrogens (primary N) is 1. The maximum Gasteiger partial charge on any atom is 0.306 e. The minimum atomic E-state index is -0.771. The van der Waals surface area contributed by atoms with E-state index in [0.717, 1.165) is 11.1 Å². The monoisotopic (exact) mass is 193 g/mol. The first-order chi connectivity index (χ1) is 6.50. The van der Waals surface area contributed by atoms with E-state index >= 15 is 0 Å². The average molecular weight is 193 g/mol. The molecule has 1 unspecified atom stereocenters. The Morgan fingerprint density at radius 3 is 2.79 bits per heavy atom. The largest absolute Gasteiger partial charge is 0.481 e. The van der Waals surface area contributed by atoms with Crippen LogP contribution in [0.3, 0.4) is 0 Å². The second-order valence-electron chi connectivity index (χ2n) is 3.63. The minimum Gasteiger partial charge on any atom is -0.481 e. The van der Waals surface area contributed by atoms with Gasteiger partial charge in [0.05, 0.1) is 5.92 Å². The summed E-state index contributed by atoms with van der Waals surface area (Å²) in [7, 11) is 0. The van der Waals surface area contributed by atoms with Gasteiger partial charge in [-0.2, -0.15) is 0 Å². The predicted octanol–water partition coefficient (Wildman–Crippen LogP) is 1.84. The summed E-state index contributed by atoms with van der Waals surface area (Å²) in [5.74, 6) is -1.14. The van der Waals surface area contributed by atoms with Gasteiger partial charge in [0, 0.05) is 5.69 Å². The summed E-state index contributed by atoms with van der Waals surface area (Å²) in [5.41, 5.74) is 8.42. The van der Waals surface area contributed by atoms with Gasteiger partial charge in [0.2, 0.25) is 0 Å². The third-order valence-corrected chi connectivity index (χ3v) is 2.32. The highest BCUT2D eigenvalue weighted by Gasteiger charge is 2.12. The topological polar surface area (TPSA) is 63.3 Å². The van der Waals surface area contributed by atoms with Crippen molar-refractivity contribution in [3.8, 4) is 0 Å². The Morgan fingerprint density at radius 2 is 2.21 bits per heavy atom. The number of nitrogen functional groups attached to an aromatic ring is 1. The summed E-state index contributed by atoms with van der Waals surface area (Å²) in [6.07, 6.45) is 0.534. The van der Waals surface area contributed by atoms with Crippen LogP contribution >= 0.6 is 0 Å². The molecule has 0 aliphatic carbocycles. The first-order valence-corrected chi connectivity index (χ1v) is 4.58. The Labute approximate surface area is 83.6 Å². The van der Waals surface area contributed by atoms with Crippen molar-refractivity contribution in [3.05, 3.63) is 29.3 Å².